The highest BCUT2D eigenvalue weighted by Gasteiger charge is 2.26. The van der Waals surface area contributed by atoms with E-state index >= 15 is 0 Å². The Labute approximate surface area is 196 Å². The zero-order valence-corrected chi connectivity index (χ0v) is 19.8. The van der Waals surface area contributed by atoms with Crippen molar-refractivity contribution in [3.05, 3.63) is 53.6 Å². The summed E-state index contributed by atoms with van der Waals surface area (Å²) in [7, 11) is -3.80. The van der Waals surface area contributed by atoms with Crippen molar-refractivity contribution < 1.29 is 17.9 Å². The van der Waals surface area contributed by atoms with Crippen LogP contribution in [0.1, 0.15) is 6.42 Å². The Kier molecular flexibility index (Phi) is 7.42. The van der Waals surface area contributed by atoms with Crippen LogP contribution < -0.4 is 4.90 Å². The molecule has 0 unspecified atom stereocenters. The summed E-state index contributed by atoms with van der Waals surface area (Å²) in [5, 5.41) is 0.957. The van der Waals surface area contributed by atoms with Crippen molar-refractivity contribution in [1.82, 2.24) is 9.88 Å². The highest BCUT2D eigenvalue weighted by atomic mass is 35.5. The molecule has 170 valence electrons. The summed E-state index contributed by atoms with van der Waals surface area (Å²) in [5.74, 6) is -1.11. The summed E-state index contributed by atoms with van der Waals surface area (Å²) < 4.78 is 32.0. The second kappa shape index (κ2) is 10.3. The van der Waals surface area contributed by atoms with E-state index in [1.165, 1.54) is 40.5 Å². The van der Waals surface area contributed by atoms with E-state index in [9.17, 15) is 13.2 Å². The number of thiazole rings is 1. The Balaban J connectivity index is 1.53. The van der Waals surface area contributed by atoms with Gasteiger partial charge in [0, 0.05) is 31.2 Å². The van der Waals surface area contributed by atoms with Gasteiger partial charge < -0.3 is 4.74 Å². The van der Waals surface area contributed by atoms with Crippen LogP contribution in [0.3, 0.4) is 0 Å². The molecule has 3 aromatic rings. The molecule has 0 spiro atoms. The summed E-state index contributed by atoms with van der Waals surface area (Å²) in [6, 6.07) is 13.5. The molecule has 1 aliphatic heterocycles. The van der Waals surface area contributed by atoms with Crippen molar-refractivity contribution in [2.24, 2.45) is 0 Å². The van der Waals surface area contributed by atoms with E-state index in [4.69, 9.17) is 16.3 Å². The molecule has 7 nitrogen and oxygen atoms in total. The Bertz CT molecular complexity index is 1140. The molecule has 0 aliphatic carbocycles. The van der Waals surface area contributed by atoms with Crippen LogP contribution in [0.15, 0.2) is 53.4 Å². The fourth-order valence-electron chi connectivity index (χ4n) is 3.55. The van der Waals surface area contributed by atoms with Gasteiger partial charge in [0.25, 0.3) is 0 Å². The predicted octanol–water partition coefficient (Wildman–Crippen LogP) is 3.48. The zero-order chi connectivity index (χ0) is 22.6. The molecular formula is C22H24ClN3O4S2. The molecule has 1 fully saturated rings. The van der Waals surface area contributed by atoms with Gasteiger partial charge in [0.15, 0.2) is 15.0 Å². The van der Waals surface area contributed by atoms with E-state index in [1.807, 2.05) is 24.3 Å². The second-order valence-electron chi connectivity index (χ2n) is 7.53. The number of carbonyl (C=O) groups is 1. The van der Waals surface area contributed by atoms with Crippen molar-refractivity contribution in [3.8, 4) is 0 Å². The molecule has 0 N–H and O–H groups in total. The van der Waals surface area contributed by atoms with E-state index in [0.29, 0.717) is 36.3 Å². The third kappa shape index (κ3) is 5.65. The second-order valence-corrected chi connectivity index (χ2v) is 11.0. The minimum atomic E-state index is -3.80. The van der Waals surface area contributed by atoms with Gasteiger partial charge in [0.1, 0.15) is 5.75 Å². The monoisotopic (exact) mass is 493 g/mol. The van der Waals surface area contributed by atoms with E-state index in [2.05, 4.69) is 9.88 Å². The first kappa shape index (κ1) is 23.1. The number of aromatic nitrogens is 1. The van der Waals surface area contributed by atoms with Crippen molar-refractivity contribution >= 4 is 54.0 Å². The van der Waals surface area contributed by atoms with E-state index < -0.39 is 21.5 Å². The number of amides is 1. The van der Waals surface area contributed by atoms with Crippen LogP contribution in [-0.2, 0) is 19.4 Å². The molecule has 1 amide bonds. The number of fused-ring (bicyclic) bond motifs is 1. The summed E-state index contributed by atoms with van der Waals surface area (Å²) in [5.41, 5.74) is 0.791. The number of hydrogen-bond donors (Lipinski definition) is 0. The van der Waals surface area contributed by atoms with Crippen molar-refractivity contribution in [2.45, 2.75) is 11.3 Å². The number of carbonyl (C=O) groups excluding carboxylic acids is 1. The lowest BCUT2D eigenvalue weighted by atomic mass is 10.3. The Morgan fingerprint density at radius 3 is 2.56 bits per heavy atom. The number of nitrogens with zero attached hydrogens (tertiary/aromatic N) is 3. The van der Waals surface area contributed by atoms with Crippen LogP contribution in [0.25, 0.3) is 10.2 Å². The van der Waals surface area contributed by atoms with Gasteiger partial charge in [-0.25, -0.2) is 13.4 Å². The van der Waals surface area contributed by atoms with Gasteiger partial charge in [-0.05, 0) is 42.8 Å². The maximum Gasteiger partial charge on any atom is 0.244 e. The van der Waals surface area contributed by atoms with E-state index in [0.717, 1.165) is 29.9 Å². The molecule has 0 bridgehead atoms. The lowest BCUT2D eigenvalue weighted by molar-refractivity contribution is -0.116. The summed E-state index contributed by atoms with van der Waals surface area (Å²) in [6.45, 7) is 4.34. The van der Waals surface area contributed by atoms with Crippen LogP contribution in [0, 0.1) is 0 Å². The molecule has 1 saturated heterocycles. The molecule has 2 heterocycles. The fourth-order valence-corrected chi connectivity index (χ4v) is 5.88. The highest BCUT2D eigenvalue weighted by molar-refractivity contribution is 7.92. The third-order valence-corrected chi connectivity index (χ3v) is 8.19. The van der Waals surface area contributed by atoms with Crippen molar-refractivity contribution in [3.63, 3.8) is 0 Å². The van der Waals surface area contributed by atoms with Gasteiger partial charge in [-0.3, -0.25) is 14.6 Å². The summed E-state index contributed by atoms with van der Waals surface area (Å²) >= 11 is 7.26. The van der Waals surface area contributed by atoms with E-state index in [-0.39, 0.29) is 4.90 Å². The molecule has 1 aliphatic rings. The van der Waals surface area contributed by atoms with Crippen LogP contribution >= 0.6 is 22.9 Å². The molecule has 2 aromatic carbocycles. The molecule has 32 heavy (non-hydrogen) atoms. The number of anilines is 1. The maximum absolute atomic E-state index is 13.2. The number of para-hydroxylation sites is 1. The average molecular weight is 494 g/mol. The standard InChI is InChI=1S/C22H24ClN3O4S2/c23-17-6-8-18(9-7-17)32(28,29)16-21(27)26(11-3-10-25-12-14-30-15-13-25)22-24-19-4-1-2-5-20(19)31-22/h1-2,4-9H,3,10-16H2. The Morgan fingerprint density at radius 1 is 1.12 bits per heavy atom. The Morgan fingerprint density at radius 2 is 1.84 bits per heavy atom. The quantitative estimate of drug-likeness (QED) is 0.478. The van der Waals surface area contributed by atoms with Crippen LogP contribution in [-0.4, -0.2) is 69.4 Å². The minimum absolute atomic E-state index is 0.0767. The molecule has 10 heteroatoms. The number of halogens is 1. The zero-order valence-electron chi connectivity index (χ0n) is 17.4. The molecular weight excluding hydrogens is 470 g/mol. The lowest BCUT2D eigenvalue weighted by Gasteiger charge is -2.27. The fraction of sp³-hybridized carbons (Fsp3) is 0.364. The topological polar surface area (TPSA) is 79.8 Å². The van der Waals surface area contributed by atoms with E-state index in [1.54, 1.807) is 0 Å². The Hall–Kier alpha value is -2.04. The first-order valence-corrected chi connectivity index (χ1v) is 13.2. The summed E-state index contributed by atoms with van der Waals surface area (Å²) in [6.07, 6.45) is 0.711. The van der Waals surface area contributed by atoms with Crippen LogP contribution in [0.5, 0.6) is 0 Å². The number of sulfone groups is 1. The maximum atomic E-state index is 13.2. The molecule has 0 atom stereocenters. The lowest BCUT2D eigenvalue weighted by Crippen LogP contribution is -2.40. The first-order valence-electron chi connectivity index (χ1n) is 10.4. The number of ether oxygens (including phenoxy) is 1. The van der Waals surface area contributed by atoms with Crippen LogP contribution in [0.4, 0.5) is 5.13 Å². The van der Waals surface area contributed by atoms with Gasteiger partial charge in [-0.15, -0.1) is 0 Å². The first-order chi connectivity index (χ1) is 15.4. The van der Waals surface area contributed by atoms with Crippen LogP contribution in [0.2, 0.25) is 5.02 Å². The molecule has 4 rings (SSSR count). The highest BCUT2D eigenvalue weighted by Crippen LogP contribution is 2.29. The van der Waals surface area contributed by atoms with Gasteiger partial charge >= 0.3 is 0 Å². The minimum Gasteiger partial charge on any atom is -0.379 e. The van der Waals surface area contributed by atoms with Gasteiger partial charge in [-0.1, -0.05) is 35.1 Å². The average Bonchev–Trinajstić information content (AvgIpc) is 3.21. The third-order valence-electron chi connectivity index (χ3n) is 5.26. The van der Waals surface area contributed by atoms with Crippen molar-refractivity contribution in [2.75, 3.05) is 50.0 Å². The van der Waals surface area contributed by atoms with Gasteiger partial charge in [-0.2, -0.15) is 0 Å². The predicted molar refractivity (Wildman–Crippen MR) is 127 cm³/mol. The number of benzene rings is 2. The van der Waals surface area contributed by atoms with Gasteiger partial charge in [0.05, 0.1) is 28.3 Å². The molecule has 1 aromatic heterocycles. The molecule has 0 radical (unpaired) electrons. The smallest absolute Gasteiger partial charge is 0.244 e. The number of hydrogen-bond acceptors (Lipinski definition) is 7. The van der Waals surface area contributed by atoms with Gasteiger partial charge in [0.2, 0.25) is 5.91 Å². The number of rotatable bonds is 8. The van der Waals surface area contributed by atoms with Crippen molar-refractivity contribution in [1.29, 1.82) is 0 Å². The normalized spacial score (nSPS) is 15.2. The SMILES string of the molecule is O=C(CS(=O)(=O)c1ccc(Cl)cc1)N(CCCN1CCOCC1)c1nc2ccccc2s1. The summed E-state index contributed by atoms with van der Waals surface area (Å²) in [4.78, 5) is 21.7. The molecule has 0 saturated carbocycles. The number of morpholine rings is 1. The largest absolute Gasteiger partial charge is 0.379 e.